The maximum atomic E-state index is 13.0. The lowest BCUT2D eigenvalue weighted by Crippen LogP contribution is -2.36. The molecule has 0 spiro atoms. The molecule has 9 heteroatoms. The van der Waals surface area contributed by atoms with E-state index in [1.807, 2.05) is 0 Å². The lowest BCUT2D eigenvalue weighted by molar-refractivity contribution is -0.385. The van der Waals surface area contributed by atoms with Crippen molar-refractivity contribution in [2.75, 3.05) is 19.0 Å². The molecule has 0 unspecified atom stereocenters. The average Bonchev–Trinajstić information content (AvgIpc) is 2.36. The minimum Gasteiger partial charge on any atom is -0.332 e. The summed E-state index contributed by atoms with van der Waals surface area (Å²) in [6, 6.07) is 2.30. The fourth-order valence-corrected chi connectivity index (χ4v) is 1.76. The van der Waals surface area contributed by atoms with Crippen LogP contribution in [0.15, 0.2) is 18.2 Å². The van der Waals surface area contributed by atoms with Crippen LogP contribution in [0.3, 0.4) is 0 Å². The summed E-state index contributed by atoms with van der Waals surface area (Å²) in [4.78, 5) is 22.5. The van der Waals surface area contributed by atoms with Crippen LogP contribution >= 0.6 is 11.6 Å². The molecule has 0 heterocycles. The van der Waals surface area contributed by atoms with Crippen molar-refractivity contribution in [1.29, 1.82) is 0 Å². The molecule has 0 N–H and O–H groups in total. The number of hydrogen-bond donors (Lipinski definition) is 0. The van der Waals surface area contributed by atoms with Crippen molar-refractivity contribution >= 4 is 23.2 Å². The molecule has 0 atom stereocenters. The normalized spacial score (nSPS) is 10.7. The van der Waals surface area contributed by atoms with Gasteiger partial charge < -0.3 is 4.90 Å². The average molecular weight is 311 g/mol. The van der Waals surface area contributed by atoms with Crippen molar-refractivity contribution < 1.29 is 22.9 Å². The van der Waals surface area contributed by atoms with E-state index in [1.54, 1.807) is 0 Å². The second kappa shape index (κ2) is 7.09. The highest BCUT2D eigenvalue weighted by Gasteiger charge is 2.26. The third kappa shape index (κ3) is 4.09. The molecule has 0 aliphatic carbocycles. The molecule has 1 aromatic carbocycles. The quantitative estimate of drug-likeness (QED) is 0.461. The van der Waals surface area contributed by atoms with Crippen LogP contribution in [-0.4, -0.2) is 41.1 Å². The summed E-state index contributed by atoms with van der Waals surface area (Å²) in [6.07, 6.45) is -2.80. The number of nitro benzene ring substituents is 1. The summed E-state index contributed by atoms with van der Waals surface area (Å²) in [6.45, 7) is -1.10. The SMILES string of the molecule is O=C(c1ccc(F)cc1[N+](=O)[O-])N(CCCl)CC(F)F. The first-order chi connectivity index (χ1) is 9.36. The summed E-state index contributed by atoms with van der Waals surface area (Å²) in [5.41, 5.74) is -1.23. The van der Waals surface area contributed by atoms with Gasteiger partial charge in [0.15, 0.2) is 0 Å². The third-order valence-corrected chi connectivity index (χ3v) is 2.56. The Bertz CT molecular complexity index is 514. The van der Waals surface area contributed by atoms with Gasteiger partial charge in [0.25, 0.3) is 18.0 Å². The number of nitrogens with zero attached hydrogens (tertiary/aromatic N) is 2. The van der Waals surface area contributed by atoms with Gasteiger partial charge >= 0.3 is 0 Å². The van der Waals surface area contributed by atoms with Crippen LogP contribution in [0.1, 0.15) is 10.4 Å². The van der Waals surface area contributed by atoms with Crippen LogP contribution in [-0.2, 0) is 0 Å². The van der Waals surface area contributed by atoms with Gasteiger partial charge in [-0.1, -0.05) is 0 Å². The molecule has 1 rings (SSSR count). The lowest BCUT2D eigenvalue weighted by Gasteiger charge is -2.21. The van der Waals surface area contributed by atoms with Crippen molar-refractivity contribution in [1.82, 2.24) is 4.90 Å². The largest absolute Gasteiger partial charge is 0.332 e. The number of benzene rings is 1. The van der Waals surface area contributed by atoms with Crippen molar-refractivity contribution in [2.45, 2.75) is 6.43 Å². The maximum absolute atomic E-state index is 13.0. The first-order valence-electron chi connectivity index (χ1n) is 5.44. The number of halogens is 4. The highest BCUT2D eigenvalue weighted by molar-refractivity contribution is 6.18. The van der Waals surface area contributed by atoms with Crippen molar-refractivity contribution in [3.63, 3.8) is 0 Å². The van der Waals surface area contributed by atoms with Crippen molar-refractivity contribution in [3.05, 3.63) is 39.7 Å². The van der Waals surface area contributed by atoms with Crippen LogP contribution in [0.2, 0.25) is 0 Å². The Labute approximate surface area is 117 Å². The molecule has 110 valence electrons. The summed E-state index contributed by atoms with van der Waals surface area (Å²) in [5, 5.41) is 10.8. The van der Waals surface area contributed by atoms with E-state index in [4.69, 9.17) is 11.6 Å². The summed E-state index contributed by atoms with van der Waals surface area (Å²) < 4.78 is 37.7. The molecule has 1 aromatic rings. The predicted molar refractivity (Wildman–Crippen MR) is 65.7 cm³/mol. The molecular formula is C11H10ClF3N2O3. The zero-order valence-corrected chi connectivity index (χ0v) is 10.8. The second-order valence-corrected chi connectivity index (χ2v) is 4.13. The minimum atomic E-state index is -2.80. The molecule has 0 bridgehead atoms. The molecule has 0 saturated carbocycles. The Morgan fingerprint density at radius 1 is 1.45 bits per heavy atom. The van der Waals surface area contributed by atoms with E-state index in [1.165, 1.54) is 0 Å². The molecule has 0 radical (unpaired) electrons. The number of nitro groups is 1. The standard InChI is InChI=1S/C11H10ClF3N2O3/c12-3-4-16(6-10(14)15)11(18)8-2-1-7(13)5-9(8)17(19)20/h1-2,5,10H,3-4,6H2. The molecule has 1 amide bonds. The van der Waals surface area contributed by atoms with Gasteiger partial charge in [-0.2, -0.15) is 0 Å². The summed E-state index contributed by atoms with van der Waals surface area (Å²) >= 11 is 5.41. The maximum Gasteiger partial charge on any atom is 0.285 e. The monoisotopic (exact) mass is 310 g/mol. The van der Waals surface area contributed by atoms with E-state index in [0.717, 1.165) is 12.1 Å². The molecule has 20 heavy (non-hydrogen) atoms. The van der Waals surface area contributed by atoms with Crippen molar-refractivity contribution in [3.8, 4) is 0 Å². The van der Waals surface area contributed by atoms with E-state index in [0.29, 0.717) is 11.0 Å². The Morgan fingerprint density at radius 3 is 2.60 bits per heavy atom. The van der Waals surface area contributed by atoms with Gasteiger partial charge in [-0.25, -0.2) is 13.2 Å². The Balaban J connectivity index is 3.14. The zero-order chi connectivity index (χ0) is 15.3. The van der Waals surface area contributed by atoms with Gasteiger partial charge in [-0.3, -0.25) is 14.9 Å². The van der Waals surface area contributed by atoms with Gasteiger partial charge in [0, 0.05) is 12.4 Å². The van der Waals surface area contributed by atoms with Crippen molar-refractivity contribution in [2.24, 2.45) is 0 Å². The minimum absolute atomic E-state index is 0.104. The highest BCUT2D eigenvalue weighted by Crippen LogP contribution is 2.22. The zero-order valence-electron chi connectivity index (χ0n) is 10.1. The third-order valence-electron chi connectivity index (χ3n) is 2.39. The fraction of sp³-hybridized carbons (Fsp3) is 0.364. The summed E-state index contributed by atoms with van der Waals surface area (Å²) in [5.74, 6) is -1.99. The highest BCUT2D eigenvalue weighted by atomic mass is 35.5. The molecular weight excluding hydrogens is 301 g/mol. The molecule has 0 saturated heterocycles. The number of hydrogen-bond acceptors (Lipinski definition) is 3. The van der Waals surface area contributed by atoms with E-state index >= 15 is 0 Å². The molecule has 0 fully saturated rings. The number of carbonyl (C=O) groups is 1. The Kier molecular flexibility index (Phi) is 5.75. The van der Waals surface area contributed by atoms with Crippen LogP contribution in [0, 0.1) is 15.9 Å². The lowest BCUT2D eigenvalue weighted by atomic mass is 10.1. The van der Waals surface area contributed by atoms with Gasteiger partial charge in [-0.15, -0.1) is 11.6 Å². The number of rotatable bonds is 6. The van der Waals surface area contributed by atoms with Crippen LogP contribution in [0.5, 0.6) is 0 Å². The topological polar surface area (TPSA) is 63.4 Å². The molecule has 5 nitrogen and oxygen atoms in total. The van der Waals surface area contributed by atoms with Gasteiger partial charge in [0.1, 0.15) is 11.4 Å². The molecule has 0 aliphatic rings. The van der Waals surface area contributed by atoms with Gasteiger partial charge in [0.2, 0.25) is 0 Å². The van der Waals surface area contributed by atoms with E-state index in [2.05, 4.69) is 0 Å². The molecule has 0 aromatic heterocycles. The number of carbonyl (C=O) groups excluding carboxylic acids is 1. The Hall–Kier alpha value is -1.83. The van der Waals surface area contributed by atoms with Crippen LogP contribution < -0.4 is 0 Å². The van der Waals surface area contributed by atoms with Crippen LogP contribution in [0.25, 0.3) is 0 Å². The smallest absolute Gasteiger partial charge is 0.285 e. The second-order valence-electron chi connectivity index (χ2n) is 3.75. The van der Waals surface area contributed by atoms with E-state index in [-0.39, 0.29) is 12.4 Å². The van der Waals surface area contributed by atoms with Crippen LogP contribution in [0.4, 0.5) is 18.9 Å². The van der Waals surface area contributed by atoms with Gasteiger partial charge in [0.05, 0.1) is 17.5 Å². The number of amides is 1. The van der Waals surface area contributed by atoms with E-state index in [9.17, 15) is 28.1 Å². The first-order valence-corrected chi connectivity index (χ1v) is 5.97. The van der Waals surface area contributed by atoms with Gasteiger partial charge in [-0.05, 0) is 12.1 Å². The predicted octanol–water partition coefficient (Wildman–Crippen LogP) is 2.68. The first kappa shape index (κ1) is 16.2. The summed E-state index contributed by atoms with van der Waals surface area (Å²) in [7, 11) is 0. The van der Waals surface area contributed by atoms with E-state index < -0.39 is 40.9 Å². The molecule has 0 aliphatic heterocycles. The number of alkyl halides is 3. The fourth-order valence-electron chi connectivity index (χ4n) is 1.55. The Morgan fingerprint density at radius 2 is 2.10 bits per heavy atom.